The van der Waals surface area contributed by atoms with E-state index in [1.165, 1.54) is 25.0 Å². The molecular weight excluding hydrogens is 654 g/mol. The highest BCUT2D eigenvalue weighted by atomic mass is 35.5. The molecule has 0 N–H and O–H groups in total. The van der Waals surface area contributed by atoms with E-state index in [1.54, 1.807) is 11.8 Å². The lowest BCUT2D eigenvalue weighted by atomic mass is 9.95. The molecule has 4 aliphatic rings. The smallest absolute Gasteiger partial charge is 0.318 e. The molecule has 1 amide bonds. The third-order valence-electron chi connectivity index (χ3n) is 10.8. The molecule has 8 rings (SSSR count). The van der Waals surface area contributed by atoms with Gasteiger partial charge in [0.25, 0.3) is 5.89 Å². The summed E-state index contributed by atoms with van der Waals surface area (Å²) in [5, 5.41) is 16.4. The molecule has 0 spiro atoms. The quantitative estimate of drug-likeness (QED) is 0.226. The van der Waals surface area contributed by atoms with Gasteiger partial charge < -0.3 is 24.0 Å². The fourth-order valence-corrected chi connectivity index (χ4v) is 8.64. The topological polar surface area (TPSA) is 128 Å². The van der Waals surface area contributed by atoms with Crippen molar-refractivity contribution in [1.29, 1.82) is 5.26 Å². The number of piperazine rings is 1. The fraction of sp³-hybridized carbons (Fsp3) is 0.459. The van der Waals surface area contributed by atoms with Crippen molar-refractivity contribution in [3.05, 3.63) is 70.5 Å². The first kappa shape index (κ1) is 32.5. The minimum Gasteiger partial charge on any atom is -0.461 e. The van der Waals surface area contributed by atoms with E-state index in [2.05, 4.69) is 55.2 Å². The van der Waals surface area contributed by atoms with Gasteiger partial charge in [0, 0.05) is 55.0 Å². The number of nitriles is 1. The molecule has 0 unspecified atom stereocenters. The Bertz CT molecular complexity index is 1980. The maximum Gasteiger partial charge on any atom is 0.318 e. The summed E-state index contributed by atoms with van der Waals surface area (Å²) in [6, 6.07) is 14.7. The highest BCUT2D eigenvalue weighted by molar-refractivity contribution is 6.36. The molecule has 0 bridgehead atoms. The number of carbonyl (C=O) groups excluding carboxylic acids is 1. The summed E-state index contributed by atoms with van der Waals surface area (Å²) in [5.41, 5.74) is 3.16. The van der Waals surface area contributed by atoms with Crippen molar-refractivity contribution in [2.24, 2.45) is 0 Å². The largest absolute Gasteiger partial charge is 0.461 e. The molecule has 4 aliphatic heterocycles. The molecule has 0 saturated carbocycles. The zero-order chi connectivity index (χ0) is 34.2. The van der Waals surface area contributed by atoms with Gasteiger partial charge in [-0.25, -0.2) is 0 Å². The standard InChI is InChI=1S/C37H40ClN9O3/c1-25-40-32(50-43-25)10-11-33(48)47-21-20-45(22-27(47)12-16-39)35-28-13-19-44(31-9-3-7-26-6-2-8-29(38)34(26)31)23-30(28)41-36(42-35)49-24-37-14-4-17-46(37)18-5-15-37/h2-3,6-11,27H,4-5,12-15,17-24H2,1H3/b11-10+/t27-/m0/s1. The number of nitrogens with zero attached hydrogens (tertiary/aromatic N) is 9. The Morgan fingerprint density at radius 3 is 2.68 bits per heavy atom. The van der Waals surface area contributed by atoms with Crippen molar-refractivity contribution in [2.45, 2.75) is 63.6 Å². The van der Waals surface area contributed by atoms with Gasteiger partial charge >= 0.3 is 6.01 Å². The Balaban J connectivity index is 1.09. The maximum absolute atomic E-state index is 13.3. The van der Waals surface area contributed by atoms with Gasteiger partial charge in [-0.15, -0.1) is 0 Å². The second kappa shape index (κ2) is 13.5. The SMILES string of the molecule is Cc1noc(/C=C/C(=O)N2CCN(c3nc(OCC45CCCN4CCC5)nc4c3CCN(c3cccc5cccc(Cl)c35)C4)C[C@@H]2CC#N)n1. The summed E-state index contributed by atoms with van der Waals surface area (Å²) in [6.07, 6.45) is 8.53. The van der Waals surface area contributed by atoms with Gasteiger partial charge in [0.05, 0.1) is 41.3 Å². The van der Waals surface area contributed by atoms with Crippen molar-refractivity contribution < 1.29 is 14.1 Å². The van der Waals surface area contributed by atoms with Crippen LogP contribution in [-0.4, -0.2) is 93.3 Å². The van der Waals surface area contributed by atoms with Crippen LogP contribution in [0.4, 0.5) is 11.5 Å². The molecule has 6 heterocycles. The number of anilines is 2. The number of ether oxygens (including phenoxy) is 1. The van der Waals surface area contributed by atoms with Crippen LogP contribution in [0.25, 0.3) is 16.8 Å². The molecule has 0 radical (unpaired) electrons. The van der Waals surface area contributed by atoms with Gasteiger partial charge in [-0.05, 0) is 69.6 Å². The molecule has 50 heavy (non-hydrogen) atoms. The Morgan fingerprint density at radius 1 is 1.08 bits per heavy atom. The second-order valence-electron chi connectivity index (χ2n) is 13.8. The molecule has 13 heteroatoms. The Kier molecular flexibility index (Phi) is 8.79. The van der Waals surface area contributed by atoms with E-state index in [0.29, 0.717) is 44.6 Å². The fourth-order valence-electron chi connectivity index (χ4n) is 8.36. The van der Waals surface area contributed by atoms with Crippen LogP contribution >= 0.6 is 11.6 Å². The number of aryl methyl sites for hydroxylation is 1. The summed E-state index contributed by atoms with van der Waals surface area (Å²) in [5.74, 6) is 1.40. The molecule has 1 atom stereocenters. The Hall–Kier alpha value is -4.73. The molecule has 2 aromatic heterocycles. The van der Waals surface area contributed by atoms with E-state index in [4.69, 9.17) is 30.8 Å². The summed E-state index contributed by atoms with van der Waals surface area (Å²) in [4.78, 5) is 36.5. The van der Waals surface area contributed by atoms with Crippen LogP contribution in [0.15, 0.2) is 47.0 Å². The first-order valence-corrected chi connectivity index (χ1v) is 17.9. The number of amides is 1. The molecule has 3 fully saturated rings. The molecule has 258 valence electrons. The molecule has 12 nitrogen and oxygen atoms in total. The summed E-state index contributed by atoms with van der Waals surface area (Å²) >= 11 is 6.76. The van der Waals surface area contributed by atoms with Crippen LogP contribution in [-0.2, 0) is 17.8 Å². The number of benzene rings is 2. The Labute approximate surface area is 296 Å². The van der Waals surface area contributed by atoms with Gasteiger partial charge in [-0.3, -0.25) is 9.69 Å². The van der Waals surface area contributed by atoms with E-state index >= 15 is 0 Å². The van der Waals surface area contributed by atoms with E-state index < -0.39 is 0 Å². The number of fused-ring (bicyclic) bond motifs is 3. The van der Waals surface area contributed by atoms with Gasteiger partial charge in [-0.2, -0.15) is 20.2 Å². The summed E-state index contributed by atoms with van der Waals surface area (Å²) in [6.45, 7) is 7.35. The van der Waals surface area contributed by atoms with Crippen LogP contribution in [0.3, 0.4) is 0 Å². The molecule has 4 aromatic rings. The van der Waals surface area contributed by atoms with Gasteiger partial charge in [0.15, 0.2) is 5.82 Å². The van der Waals surface area contributed by atoms with Crippen LogP contribution in [0.2, 0.25) is 5.02 Å². The van der Waals surface area contributed by atoms with Gasteiger partial charge in [0.1, 0.15) is 12.4 Å². The number of hydrogen-bond acceptors (Lipinski definition) is 11. The third-order valence-corrected chi connectivity index (χ3v) is 11.1. The van der Waals surface area contributed by atoms with E-state index in [0.717, 1.165) is 77.5 Å². The zero-order valence-electron chi connectivity index (χ0n) is 28.2. The van der Waals surface area contributed by atoms with Crippen molar-refractivity contribution in [3.63, 3.8) is 0 Å². The predicted octanol–water partition coefficient (Wildman–Crippen LogP) is 5.19. The van der Waals surface area contributed by atoms with Crippen molar-refractivity contribution in [1.82, 2.24) is 29.9 Å². The summed E-state index contributed by atoms with van der Waals surface area (Å²) < 4.78 is 11.7. The highest BCUT2D eigenvalue weighted by Crippen LogP contribution is 2.40. The van der Waals surface area contributed by atoms with Crippen LogP contribution < -0.4 is 14.5 Å². The highest BCUT2D eigenvalue weighted by Gasteiger charge is 2.45. The lowest BCUT2D eigenvalue weighted by molar-refractivity contribution is -0.128. The van der Waals surface area contributed by atoms with Gasteiger partial charge in [0.2, 0.25) is 5.91 Å². The molecular formula is C37H40ClN9O3. The normalized spacial score (nSPS) is 20.3. The first-order valence-electron chi connectivity index (χ1n) is 17.5. The van der Waals surface area contributed by atoms with Crippen molar-refractivity contribution in [3.8, 4) is 12.1 Å². The van der Waals surface area contributed by atoms with E-state index in [1.807, 2.05) is 12.1 Å². The number of halogens is 1. The second-order valence-corrected chi connectivity index (χ2v) is 14.2. The minimum atomic E-state index is -0.326. The maximum atomic E-state index is 13.3. The first-order chi connectivity index (χ1) is 24.4. The van der Waals surface area contributed by atoms with Gasteiger partial charge in [-0.1, -0.05) is 41.0 Å². The average Bonchev–Trinajstić information content (AvgIpc) is 3.85. The lowest BCUT2D eigenvalue weighted by Crippen LogP contribution is -2.55. The number of rotatable bonds is 8. The number of aromatic nitrogens is 4. The average molecular weight is 694 g/mol. The number of carbonyl (C=O) groups is 1. The monoisotopic (exact) mass is 693 g/mol. The van der Waals surface area contributed by atoms with Crippen LogP contribution in [0.5, 0.6) is 6.01 Å². The van der Waals surface area contributed by atoms with E-state index in [-0.39, 0.29) is 29.8 Å². The summed E-state index contributed by atoms with van der Waals surface area (Å²) in [7, 11) is 0. The Morgan fingerprint density at radius 2 is 1.90 bits per heavy atom. The van der Waals surface area contributed by atoms with Crippen LogP contribution in [0.1, 0.15) is 55.1 Å². The van der Waals surface area contributed by atoms with Crippen molar-refractivity contribution >= 4 is 45.9 Å². The molecule has 2 aromatic carbocycles. The zero-order valence-corrected chi connectivity index (χ0v) is 29.0. The van der Waals surface area contributed by atoms with Crippen molar-refractivity contribution in [2.75, 3.05) is 55.7 Å². The lowest BCUT2D eigenvalue weighted by Gasteiger charge is -2.42. The predicted molar refractivity (Wildman–Crippen MR) is 190 cm³/mol. The third kappa shape index (κ3) is 6.13. The van der Waals surface area contributed by atoms with Crippen LogP contribution in [0, 0.1) is 18.3 Å². The minimum absolute atomic E-state index is 0.0580. The number of hydrogen-bond donors (Lipinski definition) is 0. The molecule has 3 saturated heterocycles. The molecule has 0 aliphatic carbocycles. The van der Waals surface area contributed by atoms with E-state index in [9.17, 15) is 10.1 Å².